The number of likely N-dealkylation sites (N-methyl/N-ethyl adjacent to an activating group) is 1. The van der Waals surface area contributed by atoms with Crippen LogP contribution in [0.4, 0.5) is 0 Å². The zero-order valence-corrected chi connectivity index (χ0v) is 42.5. The zero-order chi connectivity index (χ0) is 51.6. The maximum Gasteiger partial charge on any atom is 0.336 e. The van der Waals surface area contributed by atoms with Crippen molar-refractivity contribution in [3.63, 3.8) is 0 Å². The van der Waals surface area contributed by atoms with Gasteiger partial charge in [0.15, 0.2) is 40.0 Å². The van der Waals surface area contributed by atoms with Crippen molar-refractivity contribution in [2.24, 2.45) is 0 Å². The summed E-state index contributed by atoms with van der Waals surface area (Å²) in [4.78, 5) is 59.9. The van der Waals surface area contributed by atoms with Crippen molar-refractivity contribution in [3.05, 3.63) is 147 Å². The van der Waals surface area contributed by atoms with Gasteiger partial charge in [-0.25, -0.2) is 14.4 Å². The van der Waals surface area contributed by atoms with Gasteiger partial charge in [-0.1, -0.05) is 66.7 Å². The molecule has 74 heavy (non-hydrogen) atoms. The summed E-state index contributed by atoms with van der Waals surface area (Å²) in [5, 5.41) is 15.8. The highest BCUT2D eigenvalue weighted by Gasteiger charge is 2.61. The molecule has 17 heteroatoms. The van der Waals surface area contributed by atoms with Crippen LogP contribution in [0.3, 0.4) is 0 Å². The minimum atomic E-state index is -1.49. The maximum absolute atomic E-state index is 15.3. The molecule has 1 spiro atoms. The predicted molar refractivity (Wildman–Crippen MR) is 273 cm³/mol. The number of rotatable bonds is 9. The molecule has 2 saturated heterocycles. The van der Waals surface area contributed by atoms with E-state index in [1.165, 1.54) is 37.9 Å². The van der Waals surface area contributed by atoms with Crippen LogP contribution in [-0.2, 0) is 42.3 Å². The van der Waals surface area contributed by atoms with Crippen molar-refractivity contribution in [1.82, 2.24) is 15.1 Å². The molecule has 382 valence electrons. The number of aryl methyl sites for hydroxylation is 1. The van der Waals surface area contributed by atoms with Crippen LogP contribution in [-0.4, -0.2) is 104 Å². The molecule has 7 atom stereocenters. The van der Waals surface area contributed by atoms with Gasteiger partial charge < -0.3 is 43.0 Å². The van der Waals surface area contributed by atoms with Crippen molar-refractivity contribution in [1.29, 1.82) is 0 Å². The summed E-state index contributed by atoms with van der Waals surface area (Å²) in [6, 6.07) is 21.7. The number of carbonyl (C=O) groups is 4. The molecular weight excluding hydrogens is 967 g/mol. The van der Waals surface area contributed by atoms with Crippen LogP contribution in [0.1, 0.15) is 79.9 Å². The summed E-state index contributed by atoms with van der Waals surface area (Å²) in [7, 11) is 4.97. The van der Waals surface area contributed by atoms with Gasteiger partial charge in [-0.05, 0) is 91.4 Å². The molecule has 4 bridgehead atoms. The molecule has 0 saturated carbocycles. The number of carbonyl (C=O) groups excluding carboxylic acids is 4. The number of hydrogen-bond acceptors (Lipinski definition) is 17. The highest BCUT2D eigenvalue weighted by atomic mass is 32.2. The number of hydrogen-bond donors (Lipinski definition) is 2. The van der Waals surface area contributed by atoms with Gasteiger partial charge in [-0.15, -0.1) is 11.8 Å². The minimum absolute atomic E-state index is 0.0548. The van der Waals surface area contributed by atoms with Crippen molar-refractivity contribution < 1.29 is 62.2 Å². The van der Waals surface area contributed by atoms with Gasteiger partial charge in [0.05, 0.1) is 37.6 Å². The summed E-state index contributed by atoms with van der Waals surface area (Å²) >= 11 is 1.43. The van der Waals surface area contributed by atoms with Gasteiger partial charge >= 0.3 is 23.9 Å². The second kappa shape index (κ2) is 19.6. The van der Waals surface area contributed by atoms with Gasteiger partial charge in [0.2, 0.25) is 6.79 Å². The number of esters is 4. The standard InChI is InChI=1S/C57H55N3O13S/c1-30-23-36-24-38-55(64)60-39-27-68-56(65)57(37-26-40(66-5)41(25-35(37)21-22-58-57)72-42(62)19-17-33-13-9-7-10-14-33)28-74-54(46-45(39)52-51(69-29-70-52)31(2)50(46)71-32(3)61)48(60)47(59(38)4)44(36)53(49(30)67-6)73-43(63)20-18-34-15-11-8-12-16-34/h7-20,23,25-26,38-39,47-48,54-55,58,64H,21-22,24,27-29H2,1-6H3/t38-,39-,47+,48?,54+,55-,57+/m0/s1. The first kappa shape index (κ1) is 49.1. The third-order valence-electron chi connectivity index (χ3n) is 15.1. The van der Waals surface area contributed by atoms with E-state index < -0.39 is 65.1 Å². The molecule has 7 heterocycles. The van der Waals surface area contributed by atoms with Crippen LogP contribution < -0.4 is 38.5 Å². The van der Waals surface area contributed by atoms with E-state index in [2.05, 4.69) is 10.2 Å². The number of nitrogens with zero attached hydrogens (tertiary/aromatic N) is 2. The van der Waals surface area contributed by atoms with Crippen LogP contribution in [0.25, 0.3) is 12.2 Å². The van der Waals surface area contributed by atoms with E-state index in [0.29, 0.717) is 64.5 Å². The quantitative estimate of drug-likeness (QED) is 0.0856. The fourth-order valence-corrected chi connectivity index (χ4v) is 13.6. The lowest BCUT2D eigenvalue weighted by Crippen LogP contribution is -2.70. The Hall–Kier alpha value is -7.15. The number of ether oxygens (including phenoxy) is 8. The van der Waals surface area contributed by atoms with Crippen molar-refractivity contribution >= 4 is 47.8 Å². The van der Waals surface area contributed by atoms with Crippen molar-refractivity contribution in [3.8, 4) is 40.2 Å². The second-order valence-corrected chi connectivity index (χ2v) is 20.4. The fraction of sp³-hybridized carbons (Fsp3) is 0.333. The third-order valence-corrected chi connectivity index (χ3v) is 16.5. The average Bonchev–Trinajstić information content (AvgIpc) is 3.90. The predicted octanol–water partition coefficient (Wildman–Crippen LogP) is 7.24. The Morgan fingerprint density at radius 3 is 2.16 bits per heavy atom. The number of aliphatic hydroxyl groups is 1. The molecular formula is C57H55N3O13S. The van der Waals surface area contributed by atoms with Gasteiger partial charge in [0.25, 0.3) is 0 Å². The molecule has 0 aromatic heterocycles. The smallest absolute Gasteiger partial charge is 0.336 e. The number of nitrogens with one attached hydrogen (secondary N) is 1. The van der Waals surface area contributed by atoms with Gasteiger partial charge in [-0.3, -0.25) is 19.9 Å². The Labute approximate surface area is 432 Å². The summed E-state index contributed by atoms with van der Waals surface area (Å²) in [6.45, 7) is 5.04. The lowest BCUT2D eigenvalue weighted by molar-refractivity contribution is -0.186. The second-order valence-electron chi connectivity index (χ2n) is 19.2. The lowest BCUT2D eigenvalue weighted by atomic mass is 9.73. The first-order valence-electron chi connectivity index (χ1n) is 24.5. The number of thioether (sulfide) groups is 1. The van der Waals surface area contributed by atoms with Crippen LogP contribution in [0.2, 0.25) is 0 Å². The summed E-state index contributed by atoms with van der Waals surface area (Å²) in [5.74, 6) is -0.156. The molecule has 2 N–H and O–H groups in total. The SMILES string of the molecule is COc1cc2c(cc1OC(=O)C=Cc1ccccc1)CCN[C@]21CS[C@@H]2c3c(OC(C)=O)c(C)c4c(c3[C@H](COC1=O)N1C2[C@H]2c3c(cc(C)c(OC)c3OC(=O)C=Cc3ccccc3)C[C@@H]([C@@H]1O)N2C)OCO4. The largest absolute Gasteiger partial charge is 0.493 e. The topological polar surface area (TPSA) is 181 Å². The monoisotopic (exact) mass is 1020 g/mol. The van der Waals surface area contributed by atoms with Crippen LogP contribution in [0, 0.1) is 13.8 Å². The van der Waals surface area contributed by atoms with Crippen LogP contribution in [0.5, 0.6) is 40.2 Å². The molecule has 0 amide bonds. The number of methoxy groups -OCH3 is 2. The molecule has 12 rings (SSSR count). The van der Waals surface area contributed by atoms with E-state index in [9.17, 15) is 19.5 Å². The average molecular weight is 1020 g/mol. The zero-order valence-electron chi connectivity index (χ0n) is 41.7. The molecule has 0 radical (unpaired) electrons. The van der Waals surface area contributed by atoms with Gasteiger partial charge in [-0.2, -0.15) is 0 Å². The van der Waals surface area contributed by atoms with E-state index in [1.807, 2.05) is 92.5 Å². The molecule has 7 aliphatic heterocycles. The molecule has 0 aliphatic carbocycles. The van der Waals surface area contributed by atoms with E-state index in [4.69, 9.17) is 37.9 Å². The molecule has 5 aromatic rings. The highest BCUT2D eigenvalue weighted by molar-refractivity contribution is 7.99. The first-order chi connectivity index (χ1) is 35.8. The van der Waals surface area contributed by atoms with E-state index in [-0.39, 0.29) is 42.2 Å². The highest BCUT2D eigenvalue weighted by Crippen LogP contribution is 2.64. The van der Waals surface area contributed by atoms with E-state index in [0.717, 1.165) is 27.8 Å². The maximum atomic E-state index is 15.3. The minimum Gasteiger partial charge on any atom is -0.493 e. The number of piperazine rings is 1. The number of benzene rings is 5. The Morgan fingerprint density at radius 1 is 0.797 bits per heavy atom. The van der Waals surface area contributed by atoms with Crippen LogP contribution in [0.15, 0.2) is 91.0 Å². The summed E-state index contributed by atoms with van der Waals surface area (Å²) in [5.41, 5.74) is 5.54. The van der Waals surface area contributed by atoms with Crippen LogP contribution >= 0.6 is 11.8 Å². The number of aliphatic hydroxyl groups excluding tert-OH is 1. The summed E-state index contributed by atoms with van der Waals surface area (Å²) < 4.78 is 49.5. The molecule has 7 aliphatic rings. The first-order valence-corrected chi connectivity index (χ1v) is 25.5. The van der Waals surface area contributed by atoms with Gasteiger partial charge in [0.1, 0.15) is 18.6 Å². The summed E-state index contributed by atoms with van der Waals surface area (Å²) in [6.07, 6.45) is 5.81. The molecule has 1 unspecified atom stereocenters. The Balaban J connectivity index is 1.07. The lowest BCUT2D eigenvalue weighted by Gasteiger charge is -2.62. The van der Waals surface area contributed by atoms with Gasteiger partial charge in [0, 0.05) is 59.7 Å². The number of fused-ring (bicyclic) bond motifs is 9. The normalized spacial score (nSPS) is 24.6. The van der Waals surface area contributed by atoms with Crippen molar-refractivity contribution in [2.75, 3.05) is 47.0 Å². The van der Waals surface area contributed by atoms with E-state index >= 15 is 4.79 Å². The third kappa shape index (κ3) is 8.27. The Bertz CT molecular complexity index is 3160. The molecule has 2 fully saturated rings. The van der Waals surface area contributed by atoms with E-state index in [1.54, 1.807) is 31.4 Å². The molecule has 5 aromatic carbocycles. The Kier molecular flexibility index (Phi) is 13.0. The van der Waals surface area contributed by atoms with Crippen molar-refractivity contribution in [2.45, 2.75) is 74.8 Å². The molecule has 16 nitrogen and oxygen atoms in total. The Morgan fingerprint density at radius 2 is 1.49 bits per heavy atom. The fourth-order valence-electron chi connectivity index (χ4n) is 11.9.